The second-order valence-corrected chi connectivity index (χ2v) is 3.62. The molecule has 0 bridgehead atoms. The Kier molecular flexibility index (Phi) is 4.26. The van der Waals surface area contributed by atoms with Crippen molar-refractivity contribution >= 4 is 40.9 Å². The zero-order valence-corrected chi connectivity index (χ0v) is 10.6. The van der Waals surface area contributed by atoms with Crippen LogP contribution in [0.4, 0.5) is 0 Å². The van der Waals surface area contributed by atoms with Gasteiger partial charge in [-0.3, -0.25) is 5.41 Å². The first kappa shape index (κ1) is 13.7. The van der Waals surface area contributed by atoms with Crippen molar-refractivity contribution < 1.29 is 14.3 Å². The molecule has 1 aromatic carbocycles. The summed E-state index contributed by atoms with van der Waals surface area (Å²) in [6.07, 6.45) is 0. The molecule has 17 heavy (non-hydrogen) atoms. The molecule has 0 aliphatic heterocycles. The summed E-state index contributed by atoms with van der Waals surface area (Å²) in [5, 5.41) is 18.4. The fourth-order valence-electron chi connectivity index (χ4n) is 1.42. The molecule has 1 heterocycles. The van der Waals surface area contributed by atoms with E-state index in [2.05, 4.69) is 0 Å². The van der Waals surface area contributed by atoms with Gasteiger partial charge in [0.2, 0.25) is 5.76 Å². The number of furan rings is 1. The largest absolute Gasteiger partial charge is 0.504 e. The van der Waals surface area contributed by atoms with E-state index in [1.807, 2.05) is 0 Å². The number of hydrogen-bond donors (Lipinski definition) is 2. The van der Waals surface area contributed by atoms with Crippen LogP contribution in [0.2, 0.25) is 5.02 Å². The smallest absolute Gasteiger partial charge is 0.254 e. The van der Waals surface area contributed by atoms with Gasteiger partial charge in [0.15, 0.2) is 5.75 Å². The Balaban J connectivity index is 0.00000144. The number of fused-ring (bicyclic) bond motifs is 1. The molecule has 2 N–H and O–H groups in total. The van der Waals surface area contributed by atoms with E-state index in [0.717, 1.165) is 0 Å². The van der Waals surface area contributed by atoms with E-state index in [9.17, 15) is 5.11 Å². The Morgan fingerprint density at radius 1 is 1.53 bits per heavy atom. The van der Waals surface area contributed by atoms with Gasteiger partial charge in [-0.1, -0.05) is 11.6 Å². The second-order valence-electron chi connectivity index (χ2n) is 3.18. The highest BCUT2D eigenvalue weighted by molar-refractivity contribution is 6.31. The van der Waals surface area contributed by atoms with Gasteiger partial charge >= 0.3 is 0 Å². The molecule has 0 saturated carbocycles. The van der Waals surface area contributed by atoms with E-state index in [1.54, 1.807) is 25.1 Å². The lowest BCUT2D eigenvalue weighted by Gasteiger charge is -2.00. The Bertz CT molecular complexity index is 551. The third kappa shape index (κ3) is 2.48. The monoisotopic (exact) mass is 275 g/mol. The summed E-state index contributed by atoms with van der Waals surface area (Å²) in [4.78, 5) is 0. The Morgan fingerprint density at radius 3 is 2.88 bits per heavy atom. The van der Waals surface area contributed by atoms with Crippen LogP contribution < -0.4 is 0 Å². The van der Waals surface area contributed by atoms with Crippen molar-refractivity contribution in [2.24, 2.45) is 0 Å². The molecule has 2 rings (SSSR count). The predicted octanol–water partition coefficient (Wildman–Crippen LogP) is 3.58. The van der Waals surface area contributed by atoms with Gasteiger partial charge in [-0.15, -0.1) is 12.4 Å². The maximum absolute atomic E-state index is 9.82. The minimum absolute atomic E-state index is 0. The molecule has 0 aliphatic carbocycles. The van der Waals surface area contributed by atoms with Crippen LogP contribution in [0.1, 0.15) is 12.7 Å². The van der Waals surface area contributed by atoms with Gasteiger partial charge in [0.1, 0.15) is 5.58 Å². The van der Waals surface area contributed by atoms with Crippen LogP contribution in [0.15, 0.2) is 22.6 Å². The van der Waals surface area contributed by atoms with E-state index in [4.69, 9.17) is 26.2 Å². The number of halogens is 2. The molecule has 0 aliphatic rings. The average Bonchev–Trinajstić information content (AvgIpc) is 2.56. The third-order valence-electron chi connectivity index (χ3n) is 2.12. The summed E-state index contributed by atoms with van der Waals surface area (Å²) >= 11 is 5.79. The van der Waals surface area contributed by atoms with Crippen LogP contribution in [0.3, 0.4) is 0 Å². The van der Waals surface area contributed by atoms with Gasteiger partial charge in [-0.25, -0.2) is 0 Å². The molecule has 0 radical (unpaired) electrons. The molecule has 1 aromatic heterocycles. The fraction of sp³-hybridized carbons (Fsp3) is 0.182. The molecular formula is C11H11Cl2NO3. The predicted molar refractivity (Wildman–Crippen MR) is 68.6 cm³/mol. The first-order valence-electron chi connectivity index (χ1n) is 4.76. The van der Waals surface area contributed by atoms with Crippen molar-refractivity contribution in [2.75, 3.05) is 6.61 Å². The number of ether oxygens (including phenoxy) is 1. The molecule has 4 nitrogen and oxygen atoms in total. The standard InChI is InChI=1S/C11H10ClNO3.ClH/c1-2-15-11(13)10-9(14)7-4-3-6(12)5-8(7)16-10;/h3-5,13-14H,2H2,1H3;1H. The normalized spacial score (nSPS) is 10.0. The highest BCUT2D eigenvalue weighted by Gasteiger charge is 2.18. The Hall–Kier alpha value is -1.39. The van der Waals surface area contributed by atoms with E-state index in [1.165, 1.54) is 0 Å². The van der Waals surface area contributed by atoms with Gasteiger partial charge < -0.3 is 14.3 Å². The lowest BCUT2D eigenvalue weighted by molar-refractivity contribution is 0.314. The van der Waals surface area contributed by atoms with Crippen LogP contribution in [0.5, 0.6) is 5.75 Å². The molecule has 0 atom stereocenters. The molecule has 2 aromatic rings. The fourth-order valence-corrected chi connectivity index (χ4v) is 1.58. The van der Waals surface area contributed by atoms with Crippen molar-refractivity contribution in [3.05, 3.63) is 29.0 Å². The van der Waals surface area contributed by atoms with Crippen molar-refractivity contribution in [1.82, 2.24) is 0 Å². The molecule has 0 fully saturated rings. The first-order valence-corrected chi connectivity index (χ1v) is 5.14. The summed E-state index contributed by atoms with van der Waals surface area (Å²) in [5.74, 6) is -0.253. The second kappa shape index (κ2) is 5.29. The van der Waals surface area contributed by atoms with Gasteiger partial charge in [-0.05, 0) is 19.1 Å². The molecule has 0 saturated heterocycles. The summed E-state index contributed by atoms with van der Waals surface area (Å²) in [6.45, 7) is 2.10. The molecule has 0 spiro atoms. The van der Waals surface area contributed by atoms with E-state index >= 15 is 0 Å². The summed E-state index contributed by atoms with van der Waals surface area (Å²) in [5.41, 5.74) is 0.435. The quantitative estimate of drug-likeness (QED) is 0.650. The molecule has 0 amide bonds. The van der Waals surface area contributed by atoms with Crippen molar-refractivity contribution in [2.45, 2.75) is 6.92 Å². The van der Waals surface area contributed by atoms with Crippen LogP contribution in [-0.4, -0.2) is 17.6 Å². The maximum Gasteiger partial charge on any atom is 0.254 e. The third-order valence-corrected chi connectivity index (χ3v) is 2.36. The zero-order chi connectivity index (χ0) is 11.7. The highest BCUT2D eigenvalue weighted by Crippen LogP contribution is 2.33. The zero-order valence-electron chi connectivity index (χ0n) is 8.99. The molecule has 0 unspecified atom stereocenters. The summed E-state index contributed by atoms with van der Waals surface area (Å²) < 4.78 is 10.3. The van der Waals surface area contributed by atoms with Crippen LogP contribution >= 0.6 is 24.0 Å². The van der Waals surface area contributed by atoms with Gasteiger partial charge in [0, 0.05) is 11.1 Å². The molecule has 92 valence electrons. The minimum Gasteiger partial charge on any atom is -0.504 e. The Labute approximate surface area is 109 Å². The Morgan fingerprint density at radius 2 is 2.24 bits per heavy atom. The minimum atomic E-state index is -0.188. The molecule has 6 heteroatoms. The average molecular weight is 276 g/mol. The van der Waals surface area contributed by atoms with E-state index in [0.29, 0.717) is 22.6 Å². The first-order chi connectivity index (χ1) is 7.63. The lowest BCUT2D eigenvalue weighted by atomic mass is 10.2. The van der Waals surface area contributed by atoms with Gasteiger partial charge in [0.25, 0.3) is 5.90 Å². The van der Waals surface area contributed by atoms with Gasteiger partial charge in [0.05, 0.1) is 12.0 Å². The van der Waals surface area contributed by atoms with E-state index in [-0.39, 0.29) is 29.8 Å². The van der Waals surface area contributed by atoms with Crippen molar-refractivity contribution in [3.63, 3.8) is 0 Å². The number of benzene rings is 1. The summed E-state index contributed by atoms with van der Waals surface area (Å²) in [7, 11) is 0. The highest BCUT2D eigenvalue weighted by atomic mass is 35.5. The topological polar surface area (TPSA) is 66.5 Å². The van der Waals surface area contributed by atoms with Crippen molar-refractivity contribution in [3.8, 4) is 5.75 Å². The van der Waals surface area contributed by atoms with Crippen LogP contribution in [-0.2, 0) is 4.74 Å². The number of hydrogen-bond acceptors (Lipinski definition) is 4. The van der Waals surface area contributed by atoms with E-state index < -0.39 is 0 Å². The molecular weight excluding hydrogens is 265 g/mol. The number of aromatic hydroxyl groups is 1. The maximum atomic E-state index is 9.82. The SMILES string of the molecule is CCOC(=N)c1oc2cc(Cl)ccc2c1O.Cl. The number of nitrogens with one attached hydrogen (secondary N) is 1. The lowest BCUT2D eigenvalue weighted by Crippen LogP contribution is -2.03. The van der Waals surface area contributed by atoms with Crippen molar-refractivity contribution in [1.29, 1.82) is 5.41 Å². The summed E-state index contributed by atoms with van der Waals surface area (Å²) in [6, 6.07) is 4.87. The number of rotatable bonds is 2. The van der Waals surface area contributed by atoms with Gasteiger partial charge in [-0.2, -0.15) is 0 Å². The van der Waals surface area contributed by atoms with Crippen LogP contribution in [0, 0.1) is 5.41 Å². The van der Waals surface area contributed by atoms with Crippen LogP contribution in [0.25, 0.3) is 11.0 Å².